The van der Waals surface area contributed by atoms with E-state index in [2.05, 4.69) is 45.7 Å². The number of fused-ring (bicyclic) bond motifs is 1. The zero-order chi connectivity index (χ0) is 21.0. The molecule has 1 atom stereocenters. The quantitative estimate of drug-likeness (QED) is 0.555. The highest BCUT2D eigenvalue weighted by atomic mass is 32.2. The Bertz CT molecular complexity index is 778. The van der Waals surface area contributed by atoms with Crippen LogP contribution in [0.3, 0.4) is 0 Å². The number of guanidine groups is 1. The minimum Gasteiger partial charge on any atom is -0.381 e. The second kappa shape index (κ2) is 9.60. The Morgan fingerprint density at radius 2 is 2.13 bits per heavy atom. The Balaban J connectivity index is 1.44. The molecular formula is C23H34N4O2S. The first-order valence-corrected chi connectivity index (χ1v) is 12.4. The number of nitrogens with one attached hydrogen (secondary N) is 1. The molecule has 0 aliphatic carbocycles. The summed E-state index contributed by atoms with van der Waals surface area (Å²) >= 11 is 1.94. The van der Waals surface area contributed by atoms with Crippen LogP contribution in [0.1, 0.15) is 43.6 Å². The van der Waals surface area contributed by atoms with E-state index >= 15 is 0 Å². The van der Waals surface area contributed by atoms with Gasteiger partial charge in [0, 0.05) is 69.2 Å². The van der Waals surface area contributed by atoms with Gasteiger partial charge in [0.1, 0.15) is 0 Å². The van der Waals surface area contributed by atoms with Crippen LogP contribution in [0.5, 0.6) is 0 Å². The summed E-state index contributed by atoms with van der Waals surface area (Å²) in [6, 6.07) is 8.66. The molecule has 3 heterocycles. The van der Waals surface area contributed by atoms with Gasteiger partial charge in [-0.25, -0.2) is 0 Å². The van der Waals surface area contributed by atoms with Crippen molar-refractivity contribution in [3.8, 4) is 0 Å². The lowest BCUT2D eigenvalue weighted by molar-refractivity contribution is -0.127. The van der Waals surface area contributed by atoms with Gasteiger partial charge in [-0.3, -0.25) is 9.79 Å². The van der Waals surface area contributed by atoms with E-state index in [1.807, 2.05) is 23.7 Å². The summed E-state index contributed by atoms with van der Waals surface area (Å²) in [5.74, 6) is 1.68. The number of nitrogens with zero attached hydrogens (tertiary/aromatic N) is 3. The number of amides is 1. The van der Waals surface area contributed by atoms with Crippen LogP contribution in [0.25, 0.3) is 0 Å². The number of ether oxygens (including phenoxy) is 1. The molecule has 3 aliphatic rings. The van der Waals surface area contributed by atoms with Gasteiger partial charge in [-0.2, -0.15) is 11.8 Å². The average Bonchev–Trinajstić information content (AvgIpc) is 3.37. The number of carbonyl (C=O) groups is 1. The van der Waals surface area contributed by atoms with Crippen LogP contribution in [-0.4, -0.2) is 74.2 Å². The zero-order valence-corrected chi connectivity index (χ0v) is 19.0. The van der Waals surface area contributed by atoms with Gasteiger partial charge < -0.3 is 19.9 Å². The lowest BCUT2D eigenvalue weighted by Gasteiger charge is -2.37. The van der Waals surface area contributed by atoms with Crippen molar-refractivity contribution in [2.24, 2.45) is 4.99 Å². The van der Waals surface area contributed by atoms with Crippen LogP contribution in [0.2, 0.25) is 0 Å². The monoisotopic (exact) mass is 430 g/mol. The molecule has 7 heteroatoms. The Labute approximate surface area is 184 Å². The maximum atomic E-state index is 12.0. The largest absolute Gasteiger partial charge is 0.381 e. The molecule has 1 aromatic rings. The van der Waals surface area contributed by atoms with Crippen molar-refractivity contribution in [3.05, 3.63) is 29.8 Å². The van der Waals surface area contributed by atoms with E-state index in [-0.39, 0.29) is 4.75 Å². The number of likely N-dealkylation sites (tertiary alicyclic amines) is 1. The summed E-state index contributed by atoms with van der Waals surface area (Å²) in [5.41, 5.74) is 2.62. The normalized spacial score (nSPS) is 23.7. The molecule has 1 unspecified atom stereocenters. The smallest absolute Gasteiger partial charge is 0.222 e. The molecule has 0 aromatic heterocycles. The molecule has 0 radical (unpaired) electrons. The fourth-order valence-corrected chi connectivity index (χ4v) is 5.72. The second-order valence-electron chi connectivity index (χ2n) is 8.54. The van der Waals surface area contributed by atoms with Crippen LogP contribution < -0.4 is 10.2 Å². The van der Waals surface area contributed by atoms with E-state index in [0.717, 1.165) is 71.0 Å². The van der Waals surface area contributed by atoms with Gasteiger partial charge >= 0.3 is 0 Å². The SMILES string of the molecule is CN=C(NCC1(SC)CCOCC1)N1CC(CCN2CCCC2=O)c2ccccc21. The lowest BCUT2D eigenvalue weighted by Crippen LogP contribution is -2.49. The Morgan fingerprint density at radius 1 is 1.33 bits per heavy atom. The van der Waals surface area contributed by atoms with Gasteiger partial charge in [-0.05, 0) is 43.6 Å². The van der Waals surface area contributed by atoms with Crippen LogP contribution in [0, 0.1) is 0 Å². The van der Waals surface area contributed by atoms with E-state index < -0.39 is 0 Å². The second-order valence-corrected chi connectivity index (χ2v) is 9.81. The molecule has 6 nitrogen and oxygen atoms in total. The van der Waals surface area contributed by atoms with Crippen molar-refractivity contribution >= 4 is 29.3 Å². The third kappa shape index (κ3) is 4.47. The van der Waals surface area contributed by atoms with Crippen LogP contribution in [0.15, 0.2) is 29.3 Å². The van der Waals surface area contributed by atoms with Crippen molar-refractivity contribution < 1.29 is 9.53 Å². The molecular weight excluding hydrogens is 396 g/mol. The van der Waals surface area contributed by atoms with Crippen molar-refractivity contribution in [1.29, 1.82) is 0 Å². The summed E-state index contributed by atoms with van der Waals surface area (Å²) in [6.07, 6.45) is 7.07. The first-order valence-electron chi connectivity index (χ1n) is 11.1. The van der Waals surface area contributed by atoms with Crippen molar-refractivity contribution in [1.82, 2.24) is 10.2 Å². The molecule has 1 N–H and O–H groups in total. The Hall–Kier alpha value is -1.73. The van der Waals surface area contributed by atoms with Crippen LogP contribution in [0.4, 0.5) is 5.69 Å². The Morgan fingerprint density at radius 3 is 2.83 bits per heavy atom. The predicted molar refractivity (Wildman–Crippen MR) is 125 cm³/mol. The van der Waals surface area contributed by atoms with Gasteiger partial charge in [-0.1, -0.05) is 18.2 Å². The number of thioether (sulfide) groups is 1. The third-order valence-electron chi connectivity index (χ3n) is 6.86. The summed E-state index contributed by atoms with van der Waals surface area (Å²) in [5, 5.41) is 3.67. The molecule has 0 bridgehead atoms. The maximum absolute atomic E-state index is 12.0. The standard InChI is InChI=1S/C23H34N4O2S/c1-24-22(25-17-23(30-2)10-14-29-15-11-23)27-16-18(19-6-3-4-7-20(19)27)9-13-26-12-5-8-21(26)28/h3-4,6-7,18H,5,8-17H2,1-2H3,(H,24,25). The molecule has 3 aliphatic heterocycles. The highest BCUT2D eigenvalue weighted by Crippen LogP contribution is 2.39. The minimum absolute atomic E-state index is 0.211. The van der Waals surface area contributed by atoms with Gasteiger partial charge in [0.25, 0.3) is 0 Å². The van der Waals surface area contributed by atoms with Crippen molar-refractivity contribution in [2.75, 3.05) is 57.6 Å². The fourth-order valence-electron chi connectivity index (χ4n) is 4.93. The van der Waals surface area contributed by atoms with E-state index in [0.29, 0.717) is 18.2 Å². The topological polar surface area (TPSA) is 57.2 Å². The fraction of sp³-hybridized carbons (Fsp3) is 0.652. The van der Waals surface area contributed by atoms with Crippen LogP contribution in [-0.2, 0) is 9.53 Å². The average molecular weight is 431 g/mol. The van der Waals surface area contributed by atoms with E-state index in [9.17, 15) is 4.79 Å². The van der Waals surface area contributed by atoms with Gasteiger partial charge in [0.05, 0.1) is 0 Å². The molecule has 30 heavy (non-hydrogen) atoms. The number of para-hydroxylation sites is 1. The van der Waals surface area contributed by atoms with Crippen molar-refractivity contribution in [3.63, 3.8) is 0 Å². The molecule has 4 rings (SSSR count). The molecule has 2 fully saturated rings. The highest BCUT2D eigenvalue weighted by Gasteiger charge is 2.35. The first-order chi connectivity index (χ1) is 14.7. The number of aliphatic imine (C=N–C) groups is 1. The molecule has 2 saturated heterocycles. The minimum atomic E-state index is 0.211. The number of anilines is 1. The molecule has 1 aromatic carbocycles. The van der Waals surface area contributed by atoms with E-state index in [1.54, 1.807) is 0 Å². The zero-order valence-electron chi connectivity index (χ0n) is 18.2. The van der Waals surface area contributed by atoms with Crippen LogP contribution >= 0.6 is 11.8 Å². The molecule has 0 saturated carbocycles. The number of hydrogen-bond donors (Lipinski definition) is 1. The number of benzene rings is 1. The number of hydrogen-bond acceptors (Lipinski definition) is 4. The number of carbonyl (C=O) groups excluding carboxylic acids is 1. The third-order valence-corrected chi connectivity index (χ3v) is 8.28. The predicted octanol–water partition coefficient (Wildman–Crippen LogP) is 3.09. The summed E-state index contributed by atoms with van der Waals surface area (Å²) in [4.78, 5) is 21.0. The highest BCUT2D eigenvalue weighted by molar-refractivity contribution is 8.00. The van der Waals surface area contributed by atoms with Gasteiger partial charge in [0.15, 0.2) is 5.96 Å². The van der Waals surface area contributed by atoms with Gasteiger partial charge in [0.2, 0.25) is 5.91 Å². The summed E-state index contributed by atoms with van der Waals surface area (Å²) in [6.45, 7) is 5.26. The maximum Gasteiger partial charge on any atom is 0.222 e. The molecule has 164 valence electrons. The lowest BCUT2D eigenvalue weighted by atomic mass is 9.98. The van der Waals surface area contributed by atoms with Gasteiger partial charge in [-0.15, -0.1) is 0 Å². The molecule has 1 amide bonds. The van der Waals surface area contributed by atoms with E-state index in [4.69, 9.17) is 4.74 Å². The van der Waals surface area contributed by atoms with Crippen molar-refractivity contribution in [2.45, 2.75) is 42.8 Å². The summed E-state index contributed by atoms with van der Waals surface area (Å²) < 4.78 is 5.80. The number of rotatable bonds is 6. The molecule has 0 spiro atoms. The van der Waals surface area contributed by atoms with E-state index in [1.165, 1.54) is 11.3 Å². The summed E-state index contributed by atoms with van der Waals surface area (Å²) in [7, 11) is 1.87. The first kappa shape index (κ1) is 21.5. The Kier molecular flexibility index (Phi) is 6.88.